The summed E-state index contributed by atoms with van der Waals surface area (Å²) in [6, 6.07) is 13.9. The fourth-order valence-corrected chi connectivity index (χ4v) is 4.02. The van der Waals surface area contributed by atoms with Gasteiger partial charge in [-0.2, -0.15) is 13.2 Å². The first-order valence-electron chi connectivity index (χ1n) is 8.31. The molecule has 4 rings (SSSR count). The number of fused-ring (bicyclic) bond motifs is 1. The molecule has 0 saturated carbocycles. The van der Waals surface area contributed by atoms with Gasteiger partial charge in [0.2, 0.25) is 0 Å². The molecule has 9 heteroatoms. The molecule has 148 valence electrons. The topological polar surface area (TPSA) is 55.1 Å². The smallest absolute Gasteiger partial charge is 0.416 e. The third-order valence-corrected chi connectivity index (χ3v) is 5.62. The lowest BCUT2D eigenvalue weighted by atomic mass is 9.97. The zero-order valence-corrected chi connectivity index (χ0v) is 16.1. The molecular formula is C20H12ClF3N2O2S. The Kier molecular flexibility index (Phi) is 5.06. The van der Waals surface area contributed by atoms with Gasteiger partial charge in [0.05, 0.1) is 16.7 Å². The second-order valence-corrected chi connectivity index (χ2v) is 7.71. The minimum absolute atomic E-state index is 0.00513. The summed E-state index contributed by atoms with van der Waals surface area (Å²) in [7, 11) is -1.59. The number of benzene rings is 3. The molecule has 0 bridgehead atoms. The quantitative estimate of drug-likeness (QED) is 0.408. The Balaban J connectivity index is 1.73. The lowest BCUT2D eigenvalue weighted by Crippen LogP contribution is -2.05. The van der Waals surface area contributed by atoms with E-state index < -0.39 is 22.7 Å². The van der Waals surface area contributed by atoms with E-state index in [2.05, 4.69) is 9.71 Å². The van der Waals surface area contributed by atoms with Crippen molar-refractivity contribution in [1.82, 2.24) is 4.98 Å². The van der Waals surface area contributed by atoms with Crippen LogP contribution >= 0.6 is 11.6 Å². The summed E-state index contributed by atoms with van der Waals surface area (Å²) in [6.45, 7) is 0. The fraction of sp³-hybridized carbons (Fsp3) is 0.0500. The largest absolute Gasteiger partial charge is 0.432 e. The van der Waals surface area contributed by atoms with Gasteiger partial charge in [-0.05, 0) is 40.6 Å². The highest BCUT2D eigenvalue weighted by Crippen LogP contribution is 2.38. The van der Waals surface area contributed by atoms with Crippen LogP contribution in [0.4, 0.5) is 19.2 Å². The summed E-state index contributed by atoms with van der Waals surface area (Å²) in [4.78, 5) is 4.36. The van der Waals surface area contributed by atoms with Crippen LogP contribution in [0.15, 0.2) is 76.4 Å². The van der Waals surface area contributed by atoms with Crippen molar-refractivity contribution >= 4 is 39.4 Å². The number of nitrogens with one attached hydrogen (secondary N) is 1. The summed E-state index contributed by atoms with van der Waals surface area (Å²) < 4.78 is 58.9. The van der Waals surface area contributed by atoms with Gasteiger partial charge >= 0.3 is 12.2 Å². The van der Waals surface area contributed by atoms with Crippen molar-refractivity contribution in [3.05, 3.63) is 77.6 Å². The number of hydrogen-bond acceptors (Lipinski definition) is 3. The third kappa shape index (κ3) is 3.99. The van der Waals surface area contributed by atoms with E-state index in [9.17, 15) is 17.4 Å². The first-order valence-corrected chi connectivity index (χ1v) is 9.83. The maximum Gasteiger partial charge on any atom is 0.416 e. The zero-order chi connectivity index (χ0) is 20.6. The molecule has 0 amide bonds. The summed E-state index contributed by atoms with van der Waals surface area (Å²) in [5.74, 6) is 0. The standard InChI is InChI=1S/C20H12ClF3N2O2S/c21-18-11-13(20(22,23)24)4-6-17(18)16-3-1-2-12-10-14(5-7-15(12)16)29(27)26-19-25-8-9-28-19/h1-11H,(H,25,26). The molecule has 4 aromatic rings. The molecule has 1 unspecified atom stereocenters. The SMILES string of the molecule is O=S(Nc1ncco1)c1ccc2c(-c3ccc(C(F)(F)F)cc3Cl)cccc2c1. The minimum atomic E-state index is -4.46. The van der Waals surface area contributed by atoms with Crippen molar-refractivity contribution in [2.24, 2.45) is 0 Å². The molecule has 29 heavy (non-hydrogen) atoms. The van der Waals surface area contributed by atoms with Gasteiger partial charge in [-0.15, -0.1) is 0 Å². The van der Waals surface area contributed by atoms with Crippen LogP contribution in [0.2, 0.25) is 5.02 Å². The average Bonchev–Trinajstić information content (AvgIpc) is 3.19. The van der Waals surface area contributed by atoms with Crippen LogP contribution in [0.25, 0.3) is 21.9 Å². The Bertz CT molecular complexity index is 1210. The van der Waals surface area contributed by atoms with E-state index in [1.165, 1.54) is 18.5 Å². The second-order valence-electron chi connectivity index (χ2n) is 6.09. The Morgan fingerprint density at radius 2 is 1.86 bits per heavy atom. The first kappa shape index (κ1) is 19.5. The summed E-state index contributed by atoms with van der Waals surface area (Å²) in [6.07, 6.45) is -1.67. The second kappa shape index (κ2) is 7.53. The third-order valence-electron chi connectivity index (χ3n) is 4.26. The Hall–Kier alpha value is -2.84. The van der Waals surface area contributed by atoms with Crippen molar-refractivity contribution in [3.8, 4) is 11.1 Å². The Labute approximate surface area is 170 Å². The van der Waals surface area contributed by atoms with Crippen molar-refractivity contribution in [2.75, 3.05) is 4.72 Å². The van der Waals surface area contributed by atoms with Crippen LogP contribution in [0.3, 0.4) is 0 Å². The van der Waals surface area contributed by atoms with Crippen LogP contribution in [0.1, 0.15) is 5.56 Å². The van der Waals surface area contributed by atoms with Gasteiger partial charge in [-0.3, -0.25) is 4.72 Å². The molecule has 1 N–H and O–H groups in total. The highest BCUT2D eigenvalue weighted by atomic mass is 35.5. The van der Waals surface area contributed by atoms with E-state index in [-0.39, 0.29) is 11.0 Å². The van der Waals surface area contributed by atoms with E-state index in [0.29, 0.717) is 16.0 Å². The number of aromatic nitrogens is 1. The molecule has 0 fully saturated rings. The number of rotatable bonds is 4. The summed E-state index contributed by atoms with van der Waals surface area (Å²) in [5.41, 5.74) is 0.359. The van der Waals surface area contributed by atoms with E-state index >= 15 is 0 Å². The van der Waals surface area contributed by atoms with Crippen LogP contribution < -0.4 is 4.72 Å². The maximum absolute atomic E-state index is 12.9. The van der Waals surface area contributed by atoms with Crippen molar-refractivity contribution in [1.29, 1.82) is 0 Å². The molecule has 0 spiro atoms. The Morgan fingerprint density at radius 1 is 1.03 bits per heavy atom. The first-order chi connectivity index (χ1) is 13.8. The van der Waals surface area contributed by atoms with E-state index in [4.69, 9.17) is 16.0 Å². The molecule has 3 aromatic carbocycles. The van der Waals surface area contributed by atoms with Crippen molar-refractivity contribution < 1.29 is 21.8 Å². The highest BCUT2D eigenvalue weighted by Gasteiger charge is 2.31. The molecule has 0 radical (unpaired) electrons. The maximum atomic E-state index is 12.9. The molecule has 1 atom stereocenters. The van der Waals surface area contributed by atoms with Crippen LogP contribution in [-0.4, -0.2) is 9.19 Å². The van der Waals surface area contributed by atoms with Gasteiger partial charge in [0.1, 0.15) is 6.26 Å². The zero-order valence-electron chi connectivity index (χ0n) is 14.5. The van der Waals surface area contributed by atoms with Gasteiger partial charge < -0.3 is 4.42 Å². The molecule has 1 heterocycles. The number of nitrogens with zero attached hydrogens (tertiary/aromatic N) is 1. The summed E-state index contributed by atoms with van der Waals surface area (Å²) >= 11 is 6.16. The van der Waals surface area contributed by atoms with E-state index in [0.717, 1.165) is 22.9 Å². The lowest BCUT2D eigenvalue weighted by Gasteiger charge is -2.12. The van der Waals surface area contributed by atoms with Crippen LogP contribution in [0.5, 0.6) is 0 Å². The monoisotopic (exact) mass is 436 g/mol. The number of oxazole rings is 1. The number of hydrogen-bond donors (Lipinski definition) is 1. The molecule has 0 aliphatic rings. The number of alkyl halides is 3. The van der Waals surface area contributed by atoms with Gasteiger partial charge in [0.15, 0.2) is 11.0 Å². The molecule has 1 aromatic heterocycles. The predicted molar refractivity (Wildman–Crippen MR) is 106 cm³/mol. The minimum Gasteiger partial charge on any atom is -0.432 e. The van der Waals surface area contributed by atoms with Crippen LogP contribution in [0, 0.1) is 0 Å². The van der Waals surface area contributed by atoms with Crippen molar-refractivity contribution in [3.63, 3.8) is 0 Å². The molecule has 0 aliphatic heterocycles. The molecule has 4 nitrogen and oxygen atoms in total. The highest BCUT2D eigenvalue weighted by molar-refractivity contribution is 7.86. The number of anilines is 1. The van der Waals surface area contributed by atoms with Gasteiger partial charge in [-0.25, -0.2) is 9.19 Å². The van der Waals surface area contributed by atoms with Gasteiger partial charge in [0, 0.05) is 10.6 Å². The number of halogens is 4. The lowest BCUT2D eigenvalue weighted by molar-refractivity contribution is -0.137. The van der Waals surface area contributed by atoms with E-state index in [1.54, 1.807) is 30.3 Å². The normalized spacial score (nSPS) is 12.8. The van der Waals surface area contributed by atoms with Crippen molar-refractivity contribution in [2.45, 2.75) is 11.1 Å². The fourth-order valence-electron chi connectivity index (χ4n) is 2.93. The van der Waals surface area contributed by atoms with Gasteiger partial charge in [0.25, 0.3) is 0 Å². The summed E-state index contributed by atoms with van der Waals surface area (Å²) in [5, 5.41) is 1.54. The molecule has 0 aliphatic carbocycles. The van der Waals surface area contributed by atoms with Crippen LogP contribution in [-0.2, 0) is 17.2 Å². The molecular weight excluding hydrogens is 425 g/mol. The average molecular weight is 437 g/mol. The Morgan fingerprint density at radius 3 is 2.55 bits per heavy atom. The predicted octanol–water partition coefficient (Wildman–Crippen LogP) is 6.30. The molecule has 0 saturated heterocycles. The van der Waals surface area contributed by atoms with Gasteiger partial charge in [-0.1, -0.05) is 41.9 Å². The van der Waals surface area contributed by atoms with E-state index in [1.807, 2.05) is 6.07 Å².